The van der Waals surface area contributed by atoms with E-state index in [9.17, 15) is 9.59 Å². The Hall–Kier alpha value is -1.63. The van der Waals surface area contributed by atoms with Gasteiger partial charge in [0.25, 0.3) is 0 Å². The Balaban J connectivity index is 0.00000272. The highest BCUT2D eigenvalue weighted by molar-refractivity contribution is 5.91. The second-order valence-electron chi connectivity index (χ2n) is 9.99. The molecule has 1 saturated carbocycles. The van der Waals surface area contributed by atoms with Crippen molar-refractivity contribution >= 4 is 24.2 Å². The molecule has 0 bridgehead atoms. The summed E-state index contributed by atoms with van der Waals surface area (Å²) in [4.78, 5) is 27.6. The van der Waals surface area contributed by atoms with Gasteiger partial charge in [0.2, 0.25) is 11.8 Å². The van der Waals surface area contributed by atoms with Crippen molar-refractivity contribution in [1.29, 1.82) is 0 Å². The van der Waals surface area contributed by atoms with Crippen LogP contribution in [0, 0.1) is 5.92 Å². The number of nitrogens with zero attached hydrogens (tertiary/aromatic N) is 1. The molecule has 2 amide bonds. The third-order valence-electron chi connectivity index (χ3n) is 7.02. The van der Waals surface area contributed by atoms with E-state index in [1.807, 2.05) is 4.90 Å². The summed E-state index contributed by atoms with van der Waals surface area (Å²) in [6.07, 6.45) is 6.63. The fraction of sp³-hybridized carbons (Fsp3) is 0.667. The van der Waals surface area contributed by atoms with Gasteiger partial charge in [-0.1, -0.05) is 24.3 Å². The molecule has 6 nitrogen and oxygen atoms in total. The van der Waals surface area contributed by atoms with Crippen molar-refractivity contribution in [2.45, 2.75) is 69.4 Å². The van der Waals surface area contributed by atoms with Crippen LogP contribution in [0.15, 0.2) is 24.3 Å². The number of piperidine rings is 1. The van der Waals surface area contributed by atoms with Gasteiger partial charge in [-0.05, 0) is 74.8 Å². The van der Waals surface area contributed by atoms with E-state index in [0.717, 1.165) is 19.3 Å². The monoisotopic (exact) mass is 449 g/mol. The fourth-order valence-electron chi connectivity index (χ4n) is 4.82. The van der Waals surface area contributed by atoms with Crippen LogP contribution in [0.2, 0.25) is 0 Å². The van der Waals surface area contributed by atoms with Gasteiger partial charge in [-0.25, -0.2) is 0 Å². The van der Waals surface area contributed by atoms with Gasteiger partial charge < -0.3 is 20.7 Å². The van der Waals surface area contributed by atoms with Crippen LogP contribution < -0.4 is 11.1 Å². The molecular weight excluding hydrogens is 414 g/mol. The summed E-state index contributed by atoms with van der Waals surface area (Å²) < 4.78 is 5.78. The van der Waals surface area contributed by atoms with E-state index in [1.54, 1.807) is 13.8 Å². The van der Waals surface area contributed by atoms with Gasteiger partial charge in [-0.15, -0.1) is 12.4 Å². The molecule has 31 heavy (non-hydrogen) atoms. The minimum atomic E-state index is -1.03. The number of carbonyl (C=O) groups is 2. The van der Waals surface area contributed by atoms with Crippen LogP contribution in [0.4, 0.5) is 0 Å². The Bertz CT molecular complexity index is 796. The van der Waals surface area contributed by atoms with Gasteiger partial charge in [-0.3, -0.25) is 9.59 Å². The molecule has 1 aromatic rings. The van der Waals surface area contributed by atoms with Crippen LogP contribution in [-0.2, 0) is 26.2 Å². The van der Waals surface area contributed by atoms with Crippen LogP contribution in [0.3, 0.4) is 0 Å². The molecule has 1 heterocycles. The lowest BCUT2D eigenvalue weighted by atomic mass is 9.74. The Morgan fingerprint density at radius 2 is 1.90 bits per heavy atom. The van der Waals surface area contributed by atoms with Crippen LogP contribution in [0.5, 0.6) is 0 Å². The largest absolute Gasteiger partial charge is 0.378 e. The van der Waals surface area contributed by atoms with E-state index >= 15 is 0 Å². The lowest BCUT2D eigenvalue weighted by Crippen LogP contribution is -2.59. The number of hydrogen-bond donors (Lipinski definition) is 2. The van der Waals surface area contributed by atoms with E-state index in [-0.39, 0.29) is 36.2 Å². The first kappa shape index (κ1) is 24.0. The maximum absolute atomic E-state index is 13.3. The zero-order chi connectivity index (χ0) is 21.4. The predicted octanol–water partition coefficient (Wildman–Crippen LogP) is 2.56. The first-order valence-corrected chi connectivity index (χ1v) is 11.3. The highest BCUT2D eigenvalue weighted by Crippen LogP contribution is 2.46. The predicted molar refractivity (Wildman–Crippen MR) is 123 cm³/mol. The number of ether oxygens (including phenoxy) is 1. The zero-order valence-corrected chi connectivity index (χ0v) is 19.5. The number of nitrogens with one attached hydrogen (secondary N) is 1. The number of carbonyl (C=O) groups excluding carboxylic acids is 2. The summed E-state index contributed by atoms with van der Waals surface area (Å²) in [6.45, 7) is 5.60. The van der Waals surface area contributed by atoms with E-state index in [0.29, 0.717) is 25.6 Å². The van der Waals surface area contributed by atoms with Gasteiger partial charge in [-0.2, -0.15) is 0 Å². The van der Waals surface area contributed by atoms with E-state index < -0.39 is 11.6 Å². The topological polar surface area (TPSA) is 84.7 Å². The minimum Gasteiger partial charge on any atom is -0.378 e. The average molecular weight is 450 g/mol. The molecule has 0 aromatic heterocycles. The molecule has 1 spiro atoms. The van der Waals surface area contributed by atoms with Crippen LogP contribution in [0.25, 0.3) is 0 Å². The summed E-state index contributed by atoms with van der Waals surface area (Å²) in [5.74, 6) is 0.235. The average Bonchev–Trinajstić information content (AvgIpc) is 3.49. The Labute approximate surface area is 191 Å². The summed E-state index contributed by atoms with van der Waals surface area (Å²) >= 11 is 0. The Morgan fingerprint density at radius 3 is 2.55 bits per heavy atom. The third kappa shape index (κ3) is 5.41. The fourth-order valence-corrected chi connectivity index (χ4v) is 4.82. The normalized spacial score (nSPS) is 20.7. The number of likely N-dealkylation sites (tertiary alicyclic amines) is 1. The second kappa shape index (κ2) is 9.47. The number of hydrogen-bond acceptors (Lipinski definition) is 4. The maximum Gasteiger partial charge on any atom is 0.247 e. The van der Waals surface area contributed by atoms with Gasteiger partial charge in [0.05, 0.1) is 12.1 Å². The molecule has 0 radical (unpaired) electrons. The molecule has 3 aliphatic rings. The van der Waals surface area contributed by atoms with Gasteiger partial charge in [0.15, 0.2) is 0 Å². The number of amides is 2. The van der Waals surface area contributed by atoms with Crippen molar-refractivity contribution in [1.82, 2.24) is 10.2 Å². The highest BCUT2D eigenvalue weighted by Gasteiger charge is 2.42. The zero-order valence-electron chi connectivity index (χ0n) is 18.7. The van der Waals surface area contributed by atoms with Crippen molar-refractivity contribution in [3.05, 3.63) is 35.4 Å². The number of fused-ring (bicyclic) bond motifs is 2. The first-order valence-electron chi connectivity index (χ1n) is 11.3. The SMILES string of the molecule is CC(C)(N)C(=O)N[C@H](COCC1CC1)C(=O)N1CCC2(CCc3ccccc32)CC1.Cl. The molecule has 1 aliphatic heterocycles. The van der Waals surface area contributed by atoms with Gasteiger partial charge >= 0.3 is 0 Å². The van der Waals surface area contributed by atoms with Gasteiger partial charge in [0.1, 0.15) is 6.04 Å². The van der Waals surface area contributed by atoms with Crippen molar-refractivity contribution in [3.8, 4) is 0 Å². The molecule has 172 valence electrons. The first-order chi connectivity index (χ1) is 14.3. The molecule has 1 saturated heterocycles. The molecule has 1 atom stereocenters. The lowest BCUT2D eigenvalue weighted by molar-refractivity contribution is -0.140. The molecule has 3 N–H and O–H groups in total. The van der Waals surface area contributed by atoms with Crippen LogP contribution in [-0.4, -0.2) is 54.6 Å². The summed E-state index contributed by atoms with van der Waals surface area (Å²) in [7, 11) is 0. The third-order valence-corrected chi connectivity index (χ3v) is 7.02. The second-order valence-corrected chi connectivity index (χ2v) is 9.99. The Kier molecular flexibility index (Phi) is 7.34. The van der Waals surface area contributed by atoms with Crippen molar-refractivity contribution in [2.75, 3.05) is 26.3 Å². The highest BCUT2D eigenvalue weighted by atomic mass is 35.5. The quantitative estimate of drug-likeness (QED) is 0.670. The minimum absolute atomic E-state index is 0. The van der Waals surface area contributed by atoms with Crippen LogP contribution in [0.1, 0.15) is 57.1 Å². The van der Waals surface area contributed by atoms with E-state index in [2.05, 4.69) is 29.6 Å². The number of rotatable bonds is 7. The standard InChI is InChI=1S/C24H35N3O3.ClH/c1-23(2,25)22(29)26-20(16-30-15-17-7-8-17)21(28)27-13-11-24(12-14-27)10-9-18-5-3-4-6-19(18)24;/h3-6,17,20H,7-16,25H2,1-2H3,(H,26,29);1H/t20-;/m1./s1. The summed E-state index contributed by atoms with van der Waals surface area (Å²) in [6, 6.07) is 8.06. The van der Waals surface area contributed by atoms with Gasteiger partial charge in [0, 0.05) is 19.7 Å². The molecule has 2 fully saturated rings. The number of nitrogens with two attached hydrogens (primary N) is 1. The Morgan fingerprint density at radius 1 is 1.23 bits per heavy atom. The van der Waals surface area contributed by atoms with Crippen molar-refractivity contribution in [2.24, 2.45) is 11.7 Å². The molecule has 7 heteroatoms. The van der Waals surface area contributed by atoms with E-state index in [4.69, 9.17) is 10.5 Å². The smallest absolute Gasteiger partial charge is 0.247 e. The molecule has 4 rings (SSSR count). The molecule has 0 unspecified atom stereocenters. The number of benzene rings is 1. The van der Waals surface area contributed by atoms with Crippen molar-refractivity contribution in [3.63, 3.8) is 0 Å². The van der Waals surface area contributed by atoms with Crippen molar-refractivity contribution < 1.29 is 14.3 Å². The molecule has 2 aliphatic carbocycles. The summed E-state index contributed by atoms with van der Waals surface area (Å²) in [5, 5.41) is 2.84. The molecule has 1 aromatic carbocycles. The lowest BCUT2D eigenvalue weighted by Gasteiger charge is -2.41. The number of halogens is 1. The maximum atomic E-state index is 13.3. The summed E-state index contributed by atoms with van der Waals surface area (Å²) in [5.41, 5.74) is 8.04. The number of aryl methyl sites for hydroxylation is 1. The van der Waals surface area contributed by atoms with E-state index in [1.165, 1.54) is 30.4 Å². The van der Waals surface area contributed by atoms with Crippen LogP contribution >= 0.6 is 12.4 Å². The molecular formula is C24H36ClN3O3.